The molecule has 8 heteroatoms. The zero-order valence-corrected chi connectivity index (χ0v) is 10.2. The minimum absolute atomic E-state index is 0.0607. The molecular formula is C10H15N7O. The Labute approximate surface area is 103 Å². The van der Waals surface area contributed by atoms with Gasteiger partial charge < -0.3 is 10.6 Å². The van der Waals surface area contributed by atoms with E-state index in [0.717, 1.165) is 0 Å². The van der Waals surface area contributed by atoms with Gasteiger partial charge in [0.25, 0.3) is 0 Å². The summed E-state index contributed by atoms with van der Waals surface area (Å²) in [5.41, 5.74) is 5.62. The Kier molecular flexibility index (Phi) is 3.00. The second kappa shape index (κ2) is 4.47. The van der Waals surface area contributed by atoms with E-state index in [1.54, 1.807) is 6.07 Å². The van der Waals surface area contributed by atoms with Crippen molar-refractivity contribution < 1.29 is 0 Å². The molecule has 1 unspecified atom stereocenters. The molecule has 0 aliphatic rings. The van der Waals surface area contributed by atoms with E-state index in [-0.39, 0.29) is 17.4 Å². The Balaban J connectivity index is 2.25. The molecule has 2 aromatic rings. The second-order valence-corrected chi connectivity index (χ2v) is 4.24. The fraction of sp³-hybridized carbons (Fsp3) is 0.400. The molecular weight excluding hydrogens is 234 g/mol. The highest BCUT2D eigenvalue weighted by Crippen LogP contribution is 2.11. The van der Waals surface area contributed by atoms with Gasteiger partial charge in [0.15, 0.2) is 5.65 Å². The fourth-order valence-corrected chi connectivity index (χ4v) is 1.61. The van der Waals surface area contributed by atoms with Crippen LogP contribution < -0.4 is 16.3 Å². The van der Waals surface area contributed by atoms with Crippen molar-refractivity contribution in [3.8, 4) is 0 Å². The molecule has 0 bridgehead atoms. The molecule has 0 spiro atoms. The molecule has 0 fully saturated rings. The lowest BCUT2D eigenvalue weighted by atomic mass is 10.1. The third-order valence-electron chi connectivity index (χ3n) is 2.77. The molecule has 2 aromatic heterocycles. The third-order valence-corrected chi connectivity index (χ3v) is 2.77. The van der Waals surface area contributed by atoms with Crippen LogP contribution in [0.2, 0.25) is 0 Å². The summed E-state index contributed by atoms with van der Waals surface area (Å²) >= 11 is 0. The maximum Gasteiger partial charge on any atom is 0.348 e. The fourth-order valence-electron chi connectivity index (χ4n) is 1.61. The van der Waals surface area contributed by atoms with Crippen LogP contribution in [0.3, 0.4) is 0 Å². The van der Waals surface area contributed by atoms with Gasteiger partial charge in [0.1, 0.15) is 12.1 Å². The molecule has 0 aromatic carbocycles. The van der Waals surface area contributed by atoms with Gasteiger partial charge in [-0.05, 0) is 0 Å². The van der Waals surface area contributed by atoms with Crippen LogP contribution in [0, 0.1) is 11.3 Å². The number of aromatic amines is 1. The number of nitrogens with two attached hydrogens (primary N) is 1. The van der Waals surface area contributed by atoms with E-state index in [4.69, 9.17) is 11.1 Å². The molecule has 96 valence electrons. The Hall–Kier alpha value is -2.38. The van der Waals surface area contributed by atoms with Crippen LogP contribution >= 0.6 is 0 Å². The lowest BCUT2D eigenvalue weighted by Gasteiger charge is -2.21. The van der Waals surface area contributed by atoms with Gasteiger partial charge in [0.2, 0.25) is 0 Å². The summed E-state index contributed by atoms with van der Waals surface area (Å²) < 4.78 is 1.33. The molecule has 1 atom stereocenters. The van der Waals surface area contributed by atoms with Gasteiger partial charge in [-0.25, -0.2) is 19.3 Å². The van der Waals surface area contributed by atoms with Crippen molar-refractivity contribution in [3.05, 3.63) is 22.9 Å². The van der Waals surface area contributed by atoms with Gasteiger partial charge in [-0.2, -0.15) is 5.10 Å². The number of H-pyrrole nitrogens is 1. The second-order valence-electron chi connectivity index (χ2n) is 4.24. The van der Waals surface area contributed by atoms with Crippen molar-refractivity contribution >= 4 is 17.3 Å². The molecule has 2 heterocycles. The zero-order chi connectivity index (χ0) is 13.3. The predicted molar refractivity (Wildman–Crippen MR) is 68.0 cm³/mol. The van der Waals surface area contributed by atoms with Crippen LogP contribution in [-0.2, 0) is 0 Å². The van der Waals surface area contributed by atoms with Crippen molar-refractivity contribution in [1.29, 1.82) is 5.41 Å². The summed E-state index contributed by atoms with van der Waals surface area (Å²) in [5, 5.41) is 13.6. The van der Waals surface area contributed by atoms with Crippen molar-refractivity contribution in [2.24, 2.45) is 11.7 Å². The third kappa shape index (κ3) is 2.17. The Bertz CT molecular complexity index is 628. The standard InChI is InChI=1S/C10H15N7O/c1-6(9(11)12)4-16(2)7-3-8-14-15-10(18)17(8)5-13-7/h3,5-6H,4H2,1-2H3,(H3,11,12)(H,15,18). The van der Waals surface area contributed by atoms with E-state index in [9.17, 15) is 4.79 Å². The molecule has 2 rings (SSSR count). The summed E-state index contributed by atoms with van der Waals surface area (Å²) in [6.45, 7) is 2.45. The smallest absolute Gasteiger partial charge is 0.348 e. The van der Waals surface area contributed by atoms with Gasteiger partial charge >= 0.3 is 5.69 Å². The molecule has 0 saturated heterocycles. The summed E-state index contributed by atoms with van der Waals surface area (Å²) in [7, 11) is 1.85. The van der Waals surface area contributed by atoms with Crippen LogP contribution in [0.15, 0.2) is 17.2 Å². The van der Waals surface area contributed by atoms with Gasteiger partial charge in [-0.15, -0.1) is 0 Å². The van der Waals surface area contributed by atoms with E-state index in [0.29, 0.717) is 18.0 Å². The monoisotopic (exact) mass is 249 g/mol. The minimum atomic E-state index is -0.316. The van der Waals surface area contributed by atoms with E-state index in [2.05, 4.69) is 15.2 Å². The molecule has 0 aliphatic carbocycles. The number of nitrogens with zero attached hydrogens (tertiary/aromatic N) is 4. The number of rotatable bonds is 4. The number of hydrogen-bond acceptors (Lipinski definition) is 5. The molecule has 0 radical (unpaired) electrons. The quantitative estimate of drug-likeness (QED) is 0.495. The predicted octanol–water partition coefficient (Wildman–Crippen LogP) is -0.574. The number of anilines is 1. The molecule has 4 N–H and O–H groups in total. The molecule has 8 nitrogen and oxygen atoms in total. The van der Waals surface area contributed by atoms with Crippen LogP contribution in [0.5, 0.6) is 0 Å². The first-order valence-corrected chi connectivity index (χ1v) is 5.47. The van der Waals surface area contributed by atoms with E-state index in [1.165, 1.54) is 10.7 Å². The summed E-state index contributed by atoms with van der Waals surface area (Å²) in [5.74, 6) is 0.753. The Morgan fingerprint density at radius 3 is 3.11 bits per heavy atom. The van der Waals surface area contributed by atoms with Gasteiger partial charge in [-0.1, -0.05) is 6.92 Å². The summed E-state index contributed by atoms with van der Waals surface area (Å²) in [4.78, 5) is 17.3. The lowest BCUT2D eigenvalue weighted by molar-refractivity contribution is 0.721. The molecule has 0 amide bonds. The van der Waals surface area contributed by atoms with E-state index < -0.39 is 0 Å². The van der Waals surface area contributed by atoms with E-state index in [1.807, 2.05) is 18.9 Å². The number of fused-ring (bicyclic) bond motifs is 1. The largest absolute Gasteiger partial charge is 0.387 e. The summed E-state index contributed by atoms with van der Waals surface area (Å²) in [6.07, 6.45) is 1.42. The van der Waals surface area contributed by atoms with Gasteiger partial charge in [-0.3, -0.25) is 5.41 Å². The van der Waals surface area contributed by atoms with Crippen LogP contribution in [0.25, 0.3) is 5.65 Å². The Morgan fingerprint density at radius 1 is 1.72 bits per heavy atom. The zero-order valence-electron chi connectivity index (χ0n) is 10.2. The first-order valence-electron chi connectivity index (χ1n) is 5.47. The van der Waals surface area contributed by atoms with Crippen LogP contribution in [0.4, 0.5) is 5.82 Å². The lowest BCUT2D eigenvalue weighted by Crippen LogP contribution is -2.32. The first kappa shape index (κ1) is 12.1. The number of aromatic nitrogens is 4. The highest BCUT2D eigenvalue weighted by atomic mass is 16.1. The number of hydrogen-bond donors (Lipinski definition) is 3. The minimum Gasteiger partial charge on any atom is -0.387 e. The summed E-state index contributed by atoms with van der Waals surface area (Å²) in [6, 6.07) is 1.70. The first-order chi connectivity index (χ1) is 8.49. The van der Waals surface area contributed by atoms with Crippen molar-refractivity contribution in [1.82, 2.24) is 19.6 Å². The van der Waals surface area contributed by atoms with Crippen molar-refractivity contribution in [3.63, 3.8) is 0 Å². The average molecular weight is 249 g/mol. The van der Waals surface area contributed by atoms with Gasteiger partial charge in [0.05, 0.1) is 5.84 Å². The maximum absolute atomic E-state index is 11.3. The highest BCUT2D eigenvalue weighted by molar-refractivity contribution is 5.79. The Morgan fingerprint density at radius 2 is 2.44 bits per heavy atom. The van der Waals surface area contributed by atoms with Crippen LogP contribution in [-0.4, -0.2) is 39.0 Å². The normalized spacial score (nSPS) is 12.6. The van der Waals surface area contributed by atoms with Crippen LogP contribution in [0.1, 0.15) is 6.92 Å². The molecule has 0 saturated carbocycles. The van der Waals surface area contributed by atoms with Crippen molar-refractivity contribution in [2.75, 3.05) is 18.5 Å². The molecule has 18 heavy (non-hydrogen) atoms. The van der Waals surface area contributed by atoms with Crippen molar-refractivity contribution in [2.45, 2.75) is 6.92 Å². The van der Waals surface area contributed by atoms with Gasteiger partial charge in [0, 0.05) is 25.6 Å². The maximum atomic E-state index is 11.3. The topological polar surface area (TPSA) is 116 Å². The average Bonchev–Trinajstić information content (AvgIpc) is 2.70. The molecule has 0 aliphatic heterocycles. The number of nitrogens with one attached hydrogen (secondary N) is 2. The van der Waals surface area contributed by atoms with E-state index >= 15 is 0 Å². The SMILES string of the molecule is CC(CN(C)c1cc2n[nH]c(=O)n2cn1)C(=N)N. The highest BCUT2D eigenvalue weighted by Gasteiger charge is 2.11. The number of amidine groups is 1.